The third-order valence-electron chi connectivity index (χ3n) is 2.32. The van der Waals surface area contributed by atoms with E-state index >= 15 is 0 Å². The minimum Gasteiger partial charge on any atom is -0.467 e. The highest BCUT2D eigenvalue weighted by atomic mass is 16.6. The summed E-state index contributed by atoms with van der Waals surface area (Å²) in [6.07, 6.45) is -0.783. The van der Waals surface area contributed by atoms with Gasteiger partial charge in [-0.3, -0.25) is 4.79 Å². The Labute approximate surface area is 110 Å². The normalized spacial score (nSPS) is 11.3. The molecule has 1 unspecified atom stereocenters. The summed E-state index contributed by atoms with van der Waals surface area (Å²) < 4.78 is 9.38. The van der Waals surface area contributed by atoms with Gasteiger partial charge in [-0.25, -0.2) is 9.59 Å². The maximum Gasteiger partial charge on any atom is 0.413 e. The Balaban J connectivity index is 2.66. The lowest BCUT2D eigenvalue weighted by molar-refractivity contribution is -0.146. The molecule has 0 aromatic heterocycles. The van der Waals surface area contributed by atoms with Gasteiger partial charge in [0.2, 0.25) is 0 Å². The largest absolute Gasteiger partial charge is 0.467 e. The predicted molar refractivity (Wildman–Crippen MR) is 66.7 cm³/mol. The molecule has 1 atom stereocenters. The maximum atomic E-state index is 11.6. The quantitative estimate of drug-likeness (QED) is 0.641. The van der Waals surface area contributed by atoms with Crippen molar-refractivity contribution < 1.29 is 23.9 Å². The Morgan fingerprint density at radius 2 is 1.84 bits per heavy atom. The van der Waals surface area contributed by atoms with Crippen molar-refractivity contribution in [2.45, 2.75) is 19.4 Å². The summed E-state index contributed by atoms with van der Waals surface area (Å²) in [5.41, 5.74) is 0. The molecule has 0 fully saturated rings. The number of nitrogens with one attached hydrogen (secondary N) is 1. The maximum absolute atomic E-state index is 11.6. The predicted octanol–water partition coefficient (Wildman–Crippen LogP) is 1.30. The molecule has 19 heavy (non-hydrogen) atoms. The number of benzene rings is 1. The van der Waals surface area contributed by atoms with Crippen LogP contribution in [0.1, 0.15) is 13.3 Å². The standard InChI is InChI=1S/C13H15NO5/c1-3-10(15)11(12(16)18-2)14-13(17)19-9-7-5-4-6-8-9/h4-8,11H,3H2,1-2H3,(H,14,17). The number of methoxy groups -OCH3 is 1. The van der Waals surface area contributed by atoms with Gasteiger partial charge in [0.15, 0.2) is 11.8 Å². The van der Waals surface area contributed by atoms with E-state index in [2.05, 4.69) is 10.1 Å². The molecule has 0 bridgehead atoms. The zero-order valence-electron chi connectivity index (χ0n) is 10.7. The molecule has 6 heteroatoms. The topological polar surface area (TPSA) is 81.7 Å². The van der Waals surface area contributed by atoms with E-state index in [0.717, 1.165) is 7.11 Å². The Hall–Kier alpha value is -2.37. The molecular formula is C13H15NO5. The fraction of sp³-hybridized carbons (Fsp3) is 0.308. The second-order valence-electron chi connectivity index (χ2n) is 3.62. The molecule has 1 amide bonds. The van der Waals surface area contributed by atoms with E-state index in [-0.39, 0.29) is 6.42 Å². The van der Waals surface area contributed by atoms with Gasteiger partial charge in [-0.1, -0.05) is 25.1 Å². The molecule has 0 saturated carbocycles. The first-order valence-corrected chi connectivity index (χ1v) is 5.72. The average molecular weight is 265 g/mol. The van der Waals surface area contributed by atoms with Crippen molar-refractivity contribution in [1.29, 1.82) is 0 Å². The van der Waals surface area contributed by atoms with Gasteiger partial charge >= 0.3 is 12.1 Å². The van der Waals surface area contributed by atoms with Crippen molar-refractivity contribution >= 4 is 17.8 Å². The molecule has 0 saturated heterocycles. The van der Waals surface area contributed by atoms with Crippen molar-refractivity contribution in [3.8, 4) is 5.75 Å². The lowest BCUT2D eigenvalue weighted by atomic mass is 10.1. The highest BCUT2D eigenvalue weighted by Gasteiger charge is 2.28. The van der Waals surface area contributed by atoms with Crippen LogP contribution in [0.15, 0.2) is 30.3 Å². The summed E-state index contributed by atoms with van der Waals surface area (Å²) >= 11 is 0. The van der Waals surface area contributed by atoms with Crippen molar-refractivity contribution in [3.05, 3.63) is 30.3 Å². The number of carbonyl (C=O) groups is 3. The number of esters is 1. The number of Topliss-reactive ketones (excluding diaryl/α,β-unsaturated/α-hetero) is 1. The summed E-state index contributed by atoms with van der Waals surface area (Å²) in [6, 6.07) is 6.96. The van der Waals surface area contributed by atoms with Gasteiger partial charge in [0.05, 0.1) is 7.11 Å². The van der Waals surface area contributed by atoms with Crippen LogP contribution in [0.5, 0.6) is 5.75 Å². The zero-order chi connectivity index (χ0) is 14.3. The summed E-state index contributed by atoms with van der Waals surface area (Å²) in [5.74, 6) is -0.957. The molecule has 0 aliphatic heterocycles. The number of hydrogen-bond donors (Lipinski definition) is 1. The van der Waals surface area contributed by atoms with Crippen molar-refractivity contribution in [2.24, 2.45) is 0 Å². The molecule has 6 nitrogen and oxygen atoms in total. The molecule has 1 rings (SSSR count). The number of ether oxygens (including phenoxy) is 2. The van der Waals surface area contributed by atoms with Crippen LogP contribution in [0.4, 0.5) is 4.79 Å². The number of para-hydroxylation sites is 1. The van der Waals surface area contributed by atoms with Gasteiger partial charge in [0.25, 0.3) is 0 Å². The lowest BCUT2D eigenvalue weighted by Gasteiger charge is -2.14. The minimum absolute atomic E-state index is 0.103. The Morgan fingerprint density at radius 1 is 1.21 bits per heavy atom. The zero-order valence-corrected chi connectivity index (χ0v) is 10.7. The Bertz CT molecular complexity index is 441. The van der Waals surface area contributed by atoms with Crippen LogP contribution in [0.3, 0.4) is 0 Å². The number of carbonyl (C=O) groups excluding carboxylic acids is 3. The summed E-state index contributed by atoms with van der Waals surface area (Å²) in [7, 11) is 1.14. The molecule has 1 aromatic rings. The third kappa shape index (κ3) is 4.42. The monoisotopic (exact) mass is 265 g/mol. The van der Waals surface area contributed by atoms with E-state index in [0.29, 0.717) is 5.75 Å². The summed E-state index contributed by atoms with van der Waals surface area (Å²) in [6.45, 7) is 1.59. The molecule has 0 aliphatic rings. The third-order valence-corrected chi connectivity index (χ3v) is 2.32. The molecule has 0 heterocycles. The highest BCUT2D eigenvalue weighted by Crippen LogP contribution is 2.08. The average Bonchev–Trinajstić information content (AvgIpc) is 2.44. The van der Waals surface area contributed by atoms with E-state index in [1.807, 2.05) is 0 Å². The smallest absolute Gasteiger partial charge is 0.413 e. The number of ketones is 1. The Kier molecular flexibility index (Phi) is 5.53. The van der Waals surface area contributed by atoms with E-state index < -0.39 is 23.9 Å². The first-order valence-electron chi connectivity index (χ1n) is 5.72. The van der Waals surface area contributed by atoms with Crippen LogP contribution in [0.2, 0.25) is 0 Å². The lowest BCUT2D eigenvalue weighted by Crippen LogP contribution is -2.47. The molecule has 102 valence electrons. The summed E-state index contributed by atoms with van der Waals surface area (Å²) in [5, 5.41) is 2.18. The molecule has 1 aromatic carbocycles. The highest BCUT2D eigenvalue weighted by molar-refractivity contribution is 6.05. The fourth-order valence-corrected chi connectivity index (χ4v) is 1.34. The first-order chi connectivity index (χ1) is 9.08. The van der Waals surface area contributed by atoms with Crippen LogP contribution in [0, 0.1) is 0 Å². The van der Waals surface area contributed by atoms with E-state index in [1.54, 1.807) is 37.3 Å². The SMILES string of the molecule is CCC(=O)C(NC(=O)Oc1ccccc1)C(=O)OC. The fourth-order valence-electron chi connectivity index (χ4n) is 1.34. The van der Waals surface area contributed by atoms with Gasteiger partial charge in [0, 0.05) is 6.42 Å². The number of hydrogen-bond acceptors (Lipinski definition) is 5. The molecule has 1 N–H and O–H groups in total. The van der Waals surface area contributed by atoms with Crippen LogP contribution in [0.25, 0.3) is 0 Å². The van der Waals surface area contributed by atoms with Crippen LogP contribution in [-0.4, -0.2) is 31.0 Å². The van der Waals surface area contributed by atoms with Crippen molar-refractivity contribution in [1.82, 2.24) is 5.32 Å². The van der Waals surface area contributed by atoms with Crippen molar-refractivity contribution in [3.63, 3.8) is 0 Å². The molecule has 0 aliphatic carbocycles. The van der Waals surface area contributed by atoms with Gasteiger partial charge < -0.3 is 14.8 Å². The molecular weight excluding hydrogens is 250 g/mol. The van der Waals surface area contributed by atoms with Gasteiger partial charge in [-0.2, -0.15) is 0 Å². The van der Waals surface area contributed by atoms with Crippen LogP contribution in [-0.2, 0) is 14.3 Å². The second kappa shape index (κ2) is 7.15. The van der Waals surface area contributed by atoms with E-state index in [4.69, 9.17) is 4.74 Å². The van der Waals surface area contributed by atoms with Gasteiger partial charge in [-0.05, 0) is 12.1 Å². The van der Waals surface area contributed by atoms with Crippen LogP contribution >= 0.6 is 0 Å². The molecule has 0 radical (unpaired) electrons. The first kappa shape index (κ1) is 14.7. The van der Waals surface area contributed by atoms with Crippen molar-refractivity contribution in [2.75, 3.05) is 7.11 Å². The number of rotatable bonds is 5. The second-order valence-corrected chi connectivity index (χ2v) is 3.62. The Morgan fingerprint density at radius 3 is 2.37 bits per heavy atom. The van der Waals surface area contributed by atoms with Crippen LogP contribution < -0.4 is 10.1 Å². The van der Waals surface area contributed by atoms with Gasteiger partial charge in [-0.15, -0.1) is 0 Å². The number of amides is 1. The summed E-state index contributed by atoms with van der Waals surface area (Å²) in [4.78, 5) is 34.5. The molecule has 0 spiro atoms. The van der Waals surface area contributed by atoms with E-state index in [9.17, 15) is 14.4 Å². The minimum atomic E-state index is -1.34. The van der Waals surface area contributed by atoms with E-state index in [1.165, 1.54) is 0 Å². The van der Waals surface area contributed by atoms with Gasteiger partial charge in [0.1, 0.15) is 5.75 Å².